The third-order valence-electron chi connectivity index (χ3n) is 5.10. The summed E-state index contributed by atoms with van der Waals surface area (Å²) in [7, 11) is 0. The van der Waals surface area contributed by atoms with Gasteiger partial charge in [0.2, 0.25) is 0 Å². The standard InChI is InChI=1S/C18H23N3O2/c1-12-17-15(14-6-2-3-7-16(14)20-17)8-9-21(12)18(22)19-11-13-5-4-10-23-13/h2-3,6-7,12-13,20H,4-5,8-11H2,1H3,(H,19,22)/t12-,13+/m1/s1. The predicted octanol–water partition coefficient (Wildman–Crippen LogP) is 2.98. The van der Waals surface area contributed by atoms with Gasteiger partial charge in [0.05, 0.1) is 12.1 Å². The molecule has 122 valence electrons. The van der Waals surface area contributed by atoms with Gasteiger partial charge in [-0.1, -0.05) is 18.2 Å². The number of fused-ring (bicyclic) bond motifs is 3. The van der Waals surface area contributed by atoms with Crippen molar-refractivity contribution in [1.29, 1.82) is 0 Å². The molecule has 2 aliphatic rings. The second-order valence-electron chi connectivity index (χ2n) is 6.50. The van der Waals surface area contributed by atoms with Gasteiger partial charge in [0.1, 0.15) is 0 Å². The minimum Gasteiger partial charge on any atom is -0.376 e. The lowest BCUT2D eigenvalue weighted by molar-refractivity contribution is 0.107. The fourth-order valence-corrected chi connectivity index (χ4v) is 3.81. The summed E-state index contributed by atoms with van der Waals surface area (Å²) in [4.78, 5) is 18.0. The molecule has 5 heteroatoms. The summed E-state index contributed by atoms with van der Waals surface area (Å²) in [6, 6.07) is 8.45. The van der Waals surface area contributed by atoms with Crippen LogP contribution in [0.3, 0.4) is 0 Å². The van der Waals surface area contributed by atoms with Crippen molar-refractivity contribution >= 4 is 16.9 Å². The molecule has 1 fully saturated rings. The van der Waals surface area contributed by atoms with Gasteiger partial charge in [0.25, 0.3) is 0 Å². The smallest absolute Gasteiger partial charge is 0.318 e. The van der Waals surface area contributed by atoms with Crippen LogP contribution in [0.1, 0.15) is 37.1 Å². The first-order chi connectivity index (χ1) is 11.2. The number of ether oxygens (including phenoxy) is 1. The Kier molecular flexibility index (Phi) is 3.73. The van der Waals surface area contributed by atoms with Crippen molar-refractivity contribution in [3.63, 3.8) is 0 Å². The van der Waals surface area contributed by atoms with Crippen molar-refractivity contribution in [3.8, 4) is 0 Å². The van der Waals surface area contributed by atoms with E-state index in [1.807, 2.05) is 11.0 Å². The molecule has 1 aromatic heterocycles. The number of H-pyrrole nitrogens is 1. The van der Waals surface area contributed by atoms with E-state index in [2.05, 4.69) is 35.4 Å². The lowest BCUT2D eigenvalue weighted by atomic mass is 9.98. The number of aromatic amines is 1. The van der Waals surface area contributed by atoms with Crippen LogP contribution in [-0.2, 0) is 11.2 Å². The van der Waals surface area contributed by atoms with E-state index in [0.29, 0.717) is 6.54 Å². The van der Waals surface area contributed by atoms with Crippen molar-refractivity contribution < 1.29 is 9.53 Å². The van der Waals surface area contributed by atoms with Crippen LogP contribution in [-0.4, -0.2) is 41.7 Å². The molecule has 0 spiro atoms. The van der Waals surface area contributed by atoms with Crippen LogP contribution in [0.5, 0.6) is 0 Å². The molecule has 2 amide bonds. The minimum absolute atomic E-state index is 0.0114. The Labute approximate surface area is 136 Å². The van der Waals surface area contributed by atoms with Crippen molar-refractivity contribution in [3.05, 3.63) is 35.5 Å². The third kappa shape index (κ3) is 2.59. The number of rotatable bonds is 2. The zero-order chi connectivity index (χ0) is 15.8. The summed E-state index contributed by atoms with van der Waals surface area (Å²) in [5.41, 5.74) is 3.69. The Morgan fingerprint density at radius 1 is 1.43 bits per heavy atom. The zero-order valence-corrected chi connectivity index (χ0v) is 13.5. The van der Waals surface area contributed by atoms with Crippen LogP contribution in [0.2, 0.25) is 0 Å². The Morgan fingerprint density at radius 2 is 2.30 bits per heavy atom. The molecular formula is C18H23N3O2. The molecule has 2 N–H and O–H groups in total. The van der Waals surface area contributed by atoms with E-state index >= 15 is 0 Å². The molecule has 2 aromatic rings. The summed E-state index contributed by atoms with van der Waals surface area (Å²) >= 11 is 0. The number of hydrogen-bond acceptors (Lipinski definition) is 2. The van der Waals surface area contributed by atoms with Gasteiger partial charge in [-0.15, -0.1) is 0 Å². The summed E-state index contributed by atoms with van der Waals surface area (Å²) in [5, 5.41) is 4.32. The third-order valence-corrected chi connectivity index (χ3v) is 5.10. The molecular weight excluding hydrogens is 290 g/mol. The molecule has 4 rings (SSSR count). The SMILES string of the molecule is C[C@@H]1c2[nH]c3ccccc3c2CCN1C(=O)NC[C@@H]1CCCO1. The van der Waals surface area contributed by atoms with E-state index in [9.17, 15) is 4.79 Å². The van der Waals surface area contributed by atoms with Gasteiger partial charge in [-0.2, -0.15) is 0 Å². The van der Waals surface area contributed by atoms with E-state index in [-0.39, 0.29) is 18.2 Å². The number of benzene rings is 1. The Morgan fingerprint density at radius 3 is 3.13 bits per heavy atom. The van der Waals surface area contributed by atoms with E-state index in [0.717, 1.165) is 37.9 Å². The normalized spacial score (nSPS) is 24.0. The van der Waals surface area contributed by atoms with Gasteiger partial charge < -0.3 is 19.9 Å². The highest BCUT2D eigenvalue weighted by molar-refractivity contribution is 5.86. The highest BCUT2D eigenvalue weighted by Crippen LogP contribution is 2.34. The number of aromatic nitrogens is 1. The number of nitrogens with zero attached hydrogens (tertiary/aromatic N) is 1. The lowest BCUT2D eigenvalue weighted by Crippen LogP contribution is -2.46. The molecule has 0 aliphatic carbocycles. The van der Waals surface area contributed by atoms with Gasteiger partial charge in [-0.05, 0) is 37.8 Å². The molecule has 2 aliphatic heterocycles. The first kappa shape index (κ1) is 14.6. The molecule has 1 saturated heterocycles. The second kappa shape index (κ2) is 5.89. The van der Waals surface area contributed by atoms with Gasteiger partial charge >= 0.3 is 6.03 Å². The number of urea groups is 1. The predicted molar refractivity (Wildman–Crippen MR) is 89.5 cm³/mol. The quantitative estimate of drug-likeness (QED) is 0.895. The van der Waals surface area contributed by atoms with Crippen LogP contribution < -0.4 is 5.32 Å². The summed E-state index contributed by atoms with van der Waals surface area (Å²) < 4.78 is 5.57. The number of carbonyl (C=O) groups excluding carboxylic acids is 1. The summed E-state index contributed by atoms with van der Waals surface area (Å²) in [5.74, 6) is 0. The lowest BCUT2D eigenvalue weighted by Gasteiger charge is -2.33. The molecule has 23 heavy (non-hydrogen) atoms. The Balaban J connectivity index is 1.50. The maximum absolute atomic E-state index is 12.5. The van der Waals surface area contributed by atoms with E-state index in [1.165, 1.54) is 16.6 Å². The van der Waals surface area contributed by atoms with Crippen molar-refractivity contribution in [2.75, 3.05) is 19.7 Å². The Bertz CT molecular complexity index is 718. The first-order valence-electron chi connectivity index (χ1n) is 8.49. The van der Waals surface area contributed by atoms with Crippen LogP contribution in [0.25, 0.3) is 10.9 Å². The largest absolute Gasteiger partial charge is 0.376 e. The fraction of sp³-hybridized carbons (Fsp3) is 0.500. The average Bonchev–Trinajstić information content (AvgIpc) is 3.21. The van der Waals surface area contributed by atoms with Crippen LogP contribution in [0.4, 0.5) is 4.79 Å². The topological polar surface area (TPSA) is 57.4 Å². The molecule has 0 unspecified atom stereocenters. The first-order valence-corrected chi connectivity index (χ1v) is 8.49. The van der Waals surface area contributed by atoms with Gasteiger partial charge in [-0.25, -0.2) is 4.79 Å². The number of nitrogens with one attached hydrogen (secondary N) is 2. The molecule has 5 nitrogen and oxygen atoms in total. The zero-order valence-electron chi connectivity index (χ0n) is 13.5. The molecule has 0 saturated carbocycles. The van der Waals surface area contributed by atoms with Gasteiger partial charge in [0.15, 0.2) is 0 Å². The summed E-state index contributed by atoms with van der Waals surface area (Å²) in [6.45, 7) is 4.28. The maximum atomic E-state index is 12.5. The molecule has 1 aromatic carbocycles. The Hall–Kier alpha value is -2.01. The molecule has 2 atom stereocenters. The highest BCUT2D eigenvalue weighted by atomic mass is 16.5. The van der Waals surface area contributed by atoms with Gasteiger partial charge in [-0.3, -0.25) is 0 Å². The van der Waals surface area contributed by atoms with Crippen molar-refractivity contribution in [2.24, 2.45) is 0 Å². The average molecular weight is 313 g/mol. The molecule has 3 heterocycles. The van der Waals surface area contributed by atoms with Crippen LogP contribution >= 0.6 is 0 Å². The van der Waals surface area contributed by atoms with E-state index in [4.69, 9.17) is 4.74 Å². The number of carbonyl (C=O) groups is 1. The highest BCUT2D eigenvalue weighted by Gasteiger charge is 2.30. The van der Waals surface area contributed by atoms with Gasteiger partial charge in [0, 0.05) is 36.3 Å². The second-order valence-corrected chi connectivity index (χ2v) is 6.50. The van der Waals surface area contributed by atoms with E-state index in [1.54, 1.807) is 0 Å². The van der Waals surface area contributed by atoms with Crippen LogP contribution in [0.15, 0.2) is 24.3 Å². The maximum Gasteiger partial charge on any atom is 0.318 e. The fourth-order valence-electron chi connectivity index (χ4n) is 3.81. The number of amides is 2. The number of hydrogen-bond donors (Lipinski definition) is 2. The molecule has 0 radical (unpaired) electrons. The molecule has 0 bridgehead atoms. The van der Waals surface area contributed by atoms with E-state index < -0.39 is 0 Å². The summed E-state index contributed by atoms with van der Waals surface area (Å²) in [6.07, 6.45) is 3.22. The van der Waals surface area contributed by atoms with Crippen molar-refractivity contribution in [2.45, 2.75) is 38.3 Å². The monoisotopic (exact) mass is 313 g/mol. The van der Waals surface area contributed by atoms with Crippen LogP contribution in [0, 0.1) is 0 Å². The van der Waals surface area contributed by atoms with Crippen molar-refractivity contribution in [1.82, 2.24) is 15.2 Å². The minimum atomic E-state index is 0.0114. The number of para-hydroxylation sites is 1.